The third-order valence-electron chi connectivity index (χ3n) is 5.42. The second-order valence-electron chi connectivity index (χ2n) is 7.85. The Labute approximate surface area is 204 Å². The van der Waals surface area contributed by atoms with E-state index in [4.69, 9.17) is 4.74 Å². The Balaban J connectivity index is 2.10. The molecule has 10 heteroatoms. The van der Waals surface area contributed by atoms with Crippen molar-refractivity contribution in [3.05, 3.63) is 87.5 Å². The van der Waals surface area contributed by atoms with Crippen LogP contribution in [0.15, 0.2) is 65.6 Å². The molecule has 0 radical (unpaired) electrons. The lowest BCUT2D eigenvalue weighted by molar-refractivity contribution is -0.385. The van der Waals surface area contributed by atoms with Gasteiger partial charge in [0.2, 0.25) is 10.0 Å². The van der Waals surface area contributed by atoms with E-state index in [1.54, 1.807) is 51.1 Å². The molecule has 3 aromatic rings. The Morgan fingerprint density at radius 2 is 1.71 bits per heavy atom. The highest BCUT2D eigenvalue weighted by molar-refractivity contribution is 7.89. The Kier molecular flexibility index (Phi) is 7.88. The van der Waals surface area contributed by atoms with Crippen molar-refractivity contribution in [2.45, 2.75) is 32.6 Å². The number of benzene rings is 3. The number of nitro benzene ring substituents is 1. The molecule has 0 aliphatic rings. The molecule has 3 rings (SSSR count). The summed E-state index contributed by atoms with van der Waals surface area (Å²) in [7, 11) is -3.83. The number of ether oxygens (including phenoxy) is 1. The molecule has 0 spiro atoms. The second kappa shape index (κ2) is 10.7. The lowest BCUT2D eigenvalue weighted by atomic mass is 10.1. The largest absolute Gasteiger partial charge is 0.455 e. The zero-order chi connectivity index (χ0) is 25.8. The Morgan fingerprint density at radius 1 is 1.03 bits per heavy atom. The molecule has 1 amide bonds. The van der Waals surface area contributed by atoms with E-state index >= 15 is 0 Å². The maximum atomic E-state index is 13.1. The summed E-state index contributed by atoms with van der Waals surface area (Å²) < 4.78 is 33.4. The van der Waals surface area contributed by atoms with Gasteiger partial charge in [-0.2, -0.15) is 4.31 Å². The normalized spacial score (nSPS) is 11.3. The molecule has 0 bridgehead atoms. The average molecular weight is 498 g/mol. The summed E-state index contributed by atoms with van der Waals surface area (Å²) in [6.45, 7) is 7.45. The van der Waals surface area contributed by atoms with Gasteiger partial charge in [0, 0.05) is 18.7 Å². The number of nitrogens with one attached hydrogen (secondary N) is 1. The predicted octanol–water partition coefficient (Wildman–Crippen LogP) is 5.29. The summed E-state index contributed by atoms with van der Waals surface area (Å²) in [6.07, 6.45) is 0. The van der Waals surface area contributed by atoms with Gasteiger partial charge in [-0.05, 0) is 55.8 Å². The molecule has 0 heterocycles. The fourth-order valence-corrected chi connectivity index (χ4v) is 5.13. The van der Waals surface area contributed by atoms with Gasteiger partial charge in [0.1, 0.15) is 11.3 Å². The fourth-order valence-electron chi connectivity index (χ4n) is 3.65. The number of carbonyl (C=O) groups excluding carboxylic acids is 1. The highest BCUT2D eigenvalue weighted by Crippen LogP contribution is 2.34. The van der Waals surface area contributed by atoms with Crippen LogP contribution in [0.2, 0.25) is 0 Å². The average Bonchev–Trinajstić information content (AvgIpc) is 2.80. The zero-order valence-electron chi connectivity index (χ0n) is 19.9. The molecule has 3 aromatic carbocycles. The molecule has 9 nitrogen and oxygen atoms in total. The molecule has 0 aliphatic heterocycles. The molecule has 1 N–H and O–H groups in total. The van der Waals surface area contributed by atoms with Crippen molar-refractivity contribution in [1.82, 2.24) is 4.31 Å². The first-order valence-corrected chi connectivity index (χ1v) is 12.5. The van der Waals surface area contributed by atoms with E-state index in [1.807, 2.05) is 13.0 Å². The maximum absolute atomic E-state index is 13.1. The van der Waals surface area contributed by atoms with Gasteiger partial charge in [0.05, 0.1) is 15.5 Å². The van der Waals surface area contributed by atoms with Crippen LogP contribution in [0, 0.1) is 24.0 Å². The van der Waals surface area contributed by atoms with E-state index < -0.39 is 20.9 Å². The van der Waals surface area contributed by atoms with Crippen LogP contribution < -0.4 is 10.1 Å². The molecule has 0 aromatic heterocycles. The SMILES string of the molecule is CCN(CC)S(=O)(=O)c1ccc(Oc2cccc(C)c2)c(NC(=O)c2cccc(C)c2[N+](=O)[O-])c1. The number of sulfonamides is 1. The number of nitro groups is 1. The Bertz CT molecular complexity index is 1370. The minimum atomic E-state index is -3.83. The summed E-state index contributed by atoms with van der Waals surface area (Å²) in [4.78, 5) is 24.1. The summed E-state index contributed by atoms with van der Waals surface area (Å²) in [6, 6.07) is 15.8. The van der Waals surface area contributed by atoms with Gasteiger partial charge in [-0.1, -0.05) is 38.1 Å². The van der Waals surface area contributed by atoms with Crippen LogP contribution in [0.1, 0.15) is 35.3 Å². The molecule has 0 atom stereocenters. The van der Waals surface area contributed by atoms with E-state index in [9.17, 15) is 23.3 Å². The van der Waals surface area contributed by atoms with Gasteiger partial charge in [-0.25, -0.2) is 8.42 Å². The van der Waals surface area contributed by atoms with Crippen molar-refractivity contribution in [3.8, 4) is 11.5 Å². The number of anilines is 1. The highest BCUT2D eigenvalue weighted by Gasteiger charge is 2.26. The first kappa shape index (κ1) is 25.9. The van der Waals surface area contributed by atoms with Crippen molar-refractivity contribution in [2.75, 3.05) is 18.4 Å². The van der Waals surface area contributed by atoms with Crippen LogP contribution in [0.5, 0.6) is 11.5 Å². The third kappa shape index (κ3) is 5.67. The second-order valence-corrected chi connectivity index (χ2v) is 9.79. The number of hydrogen-bond acceptors (Lipinski definition) is 6. The van der Waals surface area contributed by atoms with Crippen LogP contribution >= 0.6 is 0 Å². The summed E-state index contributed by atoms with van der Waals surface area (Å²) in [5.74, 6) is -0.0778. The summed E-state index contributed by atoms with van der Waals surface area (Å²) in [5.41, 5.74) is 0.882. The van der Waals surface area contributed by atoms with E-state index in [-0.39, 0.29) is 40.7 Å². The number of rotatable bonds is 9. The molecule has 0 saturated carbocycles. The number of carbonyl (C=O) groups is 1. The van der Waals surface area contributed by atoms with Crippen molar-refractivity contribution in [1.29, 1.82) is 0 Å². The van der Waals surface area contributed by atoms with Gasteiger partial charge in [-0.3, -0.25) is 14.9 Å². The molecule has 0 saturated heterocycles. The Hall–Kier alpha value is -3.76. The maximum Gasteiger partial charge on any atom is 0.285 e. The van der Waals surface area contributed by atoms with Crippen LogP contribution in [-0.2, 0) is 10.0 Å². The molecule has 184 valence electrons. The van der Waals surface area contributed by atoms with E-state index in [2.05, 4.69) is 5.32 Å². The topological polar surface area (TPSA) is 119 Å². The monoisotopic (exact) mass is 497 g/mol. The van der Waals surface area contributed by atoms with Crippen molar-refractivity contribution >= 4 is 27.3 Å². The first-order chi connectivity index (χ1) is 16.6. The minimum Gasteiger partial charge on any atom is -0.455 e. The van der Waals surface area contributed by atoms with Gasteiger partial charge in [0.25, 0.3) is 11.6 Å². The van der Waals surface area contributed by atoms with Crippen LogP contribution in [0.4, 0.5) is 11.4 Å². The summed E-state index contributed by atoms with van der Waals surface area (Å²) >= 11 is 0. The molecule has 35 heavy (non-hydrogen) atoms. The minimum absolute atomic E-state index is 0.0353. The number of amides is 1. The van der Waals surface area contributed by atoms with Gasteiger partial charge in [-0.15, -0.1) is 0 Å². The molecular formula is C25H27N3O6S. The standard InChI is InChI=1S/C25H27N3O6S/c1-5-27(6-2)35(32,33)20-13-14-23(34-19-11-7-9-17(3)15-19)22(16-20)26-25(29)21-12-8-10-18(4)24(21)28(30)31/h7-16H,5-6H2,1-4H3,(H,26,29). The Morgan fingerprint density at radius 3 is 2.34 bits per heavy atom. The zero-order valence-corrected chi connectivity index (χ0v) is 20.8. The molecule has 0 unspecified atom stereocenters. The predicted molar refractivity (Wildman–Crippen MR) is 134 cm³/mol. The van der Waals surface area contributed by atoms with Gasteiger partial charge < -0.3 is 10.1 Å². The van der Waals surface area contributed by atoms with E-state index in [1.165, 1.54) is 28.6 Å². The molecule has 0 aliphatic carbocycles. The van der Waals surface area contributed by atoms with Crippen LogP contribution in [-0.4, -0.2) is 36.6 Å². The van der Waals surface area contributed by atoms with Crippen LogP contribution in [0.25, 0.3) is 0 Å². The number of hydrogen-bond donors (Lipinski definition) is 1. The van der Waals surface area contributed by atoms with Crippen LogP contribution in [0.3, 0.4) is 0 Å². The number of nitrogens with zero attached hydrogens (tertiary/aromatic N) is 2. The highest BCUT2D eigenvalue weighted by atomic mass is 32.2. The van der Waals surface area contributed by atoms with Gasteiger partial charge in [0.15, 0.2) is 5.75 Å². The van der Waals surface area contributed by atoms with Crippen molar-refractivity contribution in [3.63, 3.8) is 0 Å². The quantitative estimate of drug-likeness (QED) is 0.317. The lowest BCUT2D eigenvalue weighted by Gasteiger charge is -2.20. The van der Waals surface area contributed by atoms with Crippen molar-refractivity contribution in [2.24, 2.45) is 0 Å². The summed E-state index contributed by atoms with van der Waals surface area (Å²) in [5, 5.41) is 14.2. The molecular weight excluding hydrogens is 470 g/mol. The van der Waals surface area contributed by atoms with E-state index in [0.717, 1.165) is 5.56 Å². The number of para-hydroxylation sites is 1. The van der Waals surface area contributed by atoms with E-state index in [0.29, 0.717) is 11.3 Å². The first-order valence-electron chi connectivity index (χ1n) is 11.0. The number of aryl methyl sites for hydroxylation is 2. The third-order valence-corrected chi connectivity index (χ3v) is 7.47. The fraction of sp³-hybridized carbons (Fsp3) is 0.240. The van der Waals surface area contributed by atoms with Crippen molar-refractivity contribution < 1.29 is 22.9 Å². The smallest absolute Gasteiger partial charge is 0.285 e. The lowest BCUT2D eigenvalue weighted by Crippen LogP contribution is -2.30. The van der Waals surface area contributed by atoms with Gasteiger partial charge >= 0.3 is 0 Å². The molecule has 0 fully saturated rings.